The molecule has 6 N–H and O–H groups in total. The summed E-state index contributed by atoms with van der Waals surface area (Å²) < 4.78 is 5.44. The zero-order valence-corrected chi connectivity index (χ0v) is 13.0. The highest BCUT2D eigenvalue weighted by Crippen LogP contribution is 2.22. The standard InChI is InChI=1S/C12H19ClN2O2.2ClH/c13-11-4-1-2-5-12(11)17-9-10(16)8-15-7-3-6-14;;/h1-2,4-5,10,15-16H,3,6-9,14H2;2*1H. The summed E-state index contributed by atoms with van der Waals surface area (Å²) in [7, 11) is 0. The number of para-hydroxylation sites is 1. The molecular weight excluding hydrogens is 311 g/mol. The van der Waals surface area contributed by atoms with Gasteiger partial charge in [0.1, 0.15) is 25.0 Å². The number of rotatable bonds is 8. The van der Waals surface area contributed by atoms with Crippen LogP contribution in [0.4, 0.5) is 0 Å². The second-order valence-electron chi connectivity index (χ2n) is 3.92. The van der Waals surface area contributed by atoms with Crippen molar-refractivity contribution in [1.29, 1.82) is 0 Å². The third kappa shape index (κ3) is 9.32. The normalized spacial score (nSPS) is 11.1. The van der Waals surface area contributed by atoms with Gasteiger partial charge in [0.05, 0.1) is 18.1 Å². The lowest BCUT2D eigenvalue weighted by atomic mass is 10.3. The predicted octanol–water partition coefficient (Wildman–Crippen LogP) is -6.72. The van der Waals surface area contributed by atoms with E-state index >= 15 is 0 Å². The minimum Gasteiger partial charge on any atom is -1.00 e. The van der Waals surface area contributed by atoms with Gasteiger partial charge in [-0.05, 0) is 12.1 Å². The van der Waals surface area contributed by atoms with Crippen molar-refractivity contribution >= 4 is 11.6 Å². The average Bonchev–Trinajstić information content (AvgIpc) is 2.34. The molecule has 0 heterocycles. The molecule has 0 radical (unpaired) electrons. The first kappa shape index (κ1) is 21.1. The van der Waals surface area contributed by atoms with Crippen LogP contribution in [0, 0.1) is 0 Å². The Bertz CT molecular complexity index is 330. The van der Waals surface area contributed by atoms with Gasteiger partial charge >= 0.3 is 0 Å². The number of halogens is 3. The molecule has 0 saturated heterocycles. The van der Waals surface area contributed by atoms with Crippen LogP contribution in [0.25, 0.3) is 0 Å². The highest BCUT2D eigenvalue weighted by atomic mass is 35.5. The summed E-state index contributed by atoms with van der Waals surface area (Å²) in [5, 5.41) is 12.3. The van der Waals surface area contributed by atoms with Crippen molar-refractivity contribution in [1.82, 2.24) is 0 Å². The smallest absolute Gasteiger partial charge is 0.138 e. The largest absolute Gasteiger partial charge is 1.00 e. The molecule has 0 saturated carbocycles. The highest BCUT2D eigenvalue weighted by Gasteiger charge is 2.08. The summed E-state index contributed by atoms with van der Waals surface area (Å²) in [5.74, 6) is 0.617. The second-order valence-corrected chi connectivity index (χ2v) is 4.32. The molecule has 0 aromatic heterocycles. The van der Waals surface area contributed by atoms with Gasteiger partial charge in [-0.15, -0.1) is 0 Å². The minimum atomic E-state index is -0.476. The Kier molecular flexibility index (Phi) is 14.2. The average molecular weight is 332 g/mol. The van der Waals surface area contributed by atoms with Gasteiger partial charge in [-0.3, -0.25) is 0 Å². The highest BCUT2D eigenvalue weighted by molar-refractivity contribution is 6.32. The van der Waals surface area contributed by atoms with Crippen molar-refractivity contribution in [2.24, 2.45) is 0 Å². The lowest BCUT2D eigenvalue weighted by Gasteiger charge is -2.12. The summed E-state index contributed by atoms with van der Waals surface area (Å²) in [6, 6.07) is 7.26. The minimum absolute atomic E-state index is 0. The Labute approximate surface area is 131 Å². The number of quaternary nitrogens is 2. The van der Waals surface area contributed by atoms with Gasteiger partial charge in [0.2, 0.25) is 0 Å². The SMILES string of the molecule is [Cl-].[Cl-].[NH3+]CCC[NH2+]CC(O)COc1ccccc1Cl. The van der Waals surface area contributed by atoms with Crippen LogP contribution in [-0.2, 0) is 0 Å². The van der Waals surface area contributed by atoms with Gasteiger partial charge in [-0.1, -0.05) is 23.7 Å². The number of aliphatic hydroxyl groups is 1. The topological polar surface area (TPSA) is 73.7 Å². The van der Waals surface area contributed by atoms with E-state index in [1.54, 1.807) is 12.1 Å². The molecule has 4 nitrogen and oxygen atoms in total. The summed E-state index contributed by atoms with van der Waals surface area (Å²) in [4.78, 5) is 0. The zero-order valence-electron chi connectivity index (χ0n) is 10.7. The monoisotopic (exact) mass is 330 g/mol. The Morgan fingerprint density at radius 2 is 2.00 bits per heavy atom. The van der Waals surface area contributed by atoms with Crippen LogP contribution in [0.3, 0.4) is 0 Å². The predicted molar refractivity (Wildman–Crippen MR) is 67.0 cm³/mol. The van der Waals surface area contributed by atoms with Crippen molar-refractivity contribution < 1.29 is 45.7 Å². The van der Waals surface area contributed by atoms with E-state index in [1.807, 2.05) is 12.1 Å². The molecule has 0 aliphatic rings. The van der Waals surface area contributed by atoms with E-state index in [-0.39, 0.29) is 31.4 Å². The van der Waals surface area contributed by atoms with Gasteiger partial charge in [0.25, 0.3) is 0 Å². The van der Waals surface area contributed by atoms with E-state index in [4.69, 9.17) is 16.3 Å². The molecule has 0 amide bonds. The summed E-state index contributed by atoms with van der Waals surface area (Å²) in [6.07, 6.45) is 0.592. The zero-order chi connectivity index (χ0) is 12.5. The first-order valence-electron chi connectivity index (χ1n) is 5.90. The van der Waals surface area contributed by atoms with Crippen molar-refractivity contribution in [2.45, 2.75) is 12.5 Å². The molecule has 1 rings (SSSR count). The molecule has 1 aromatic carbocycles. The van der Waals surface area contributed by atoms with Crippen molar-refractivity contribution in [3.05, 3.63) is 29.3 Å². The third-order valence-electron chi connectivity index (χ3n) is 2.36. The van der Waals surface area contributed by atoms with Gasteiger partial charge < -0.3 is 45.7 Å². The molecule has 0 aliphatic heterocycles. The van der Waals surface area contributed by atoms with Crippen LogP contribution >= 0.6 is 11.6 Å². The molecule has 0 aliphatic carbocycles. The van der Waals surface area contributed by atoms with Gasteiger partial charge in [0, 0.05) is 6.42 Å². The molecule has 1 unspecified atom stereocenters. The number of aliphatic hydroxyl groups excluding tert-OH is 1. The molecular formula is C12H21Cl3N2O2. The molecule has 0 spiro atoms. The van der Waals surface area contributed by atoms with Gasteiger partial charge in [-0.25, -0.2) is 0 Å². The number of benzene rings is 1. The molecule has 0 bridgehead atoms. The fraction of sp³-hybridized carbons (Fsp3) is 0.500. The van der Waals surface area contributed by atoms with E-state index in [9.17, 15) is 5.11 Å². The van der Waals surface area contributed by atoms with Crippen molar-refractivity contribution in [2.75, 3.05) is 26.2 Å². The van der Waals surface area contributed by atoms with E-state index < -0.39 is 6.10 Å². The lowest BCUT2D eigenvalue weighted by molar-refractivity contribution is -0.663. The molecule has 1 aromatic rings. The Morgan fingerprint density at radius 1 is 1.32 bits per heavy atom. The lowest BCUT2D eigenvalue weighted by Crippen LogP contribution is -3.00. The van der Waals surface area contributed by atoms with E-state index in [0.29, 0.717) is 17.3 Å². The van der Waals surface area contributed by atoms with E-state index in [1.165, 1.54) is 0 Å². The van der Waals surface area contributed by atoms with E-state index in [2.05, 4.69) is 11.1 Å². The number of ether oxygens (including phenoxy) is 1. The van der Waals surface area contributed by atoms with Gasteiger partial charge in [-0.2, -0.15) is 0 Å². The van der Waals surface area contributed by atoms with Crippen molar-refractivity contribution in [3.63, 3.8) is 0 Å². The maximum Gasteiger partial charge on any atom is 0.138 e. The first-order valence-corrected chi connectivity index (χ1v) is 6.28. The molecule has 19 heavy (non-hydrogen) atoms. The first-order chi connectivity index (χ1) is 8.24. The fourth-order valence-corrected chi connectivity index (χ4v) is 1.61. The van der Waals surface area contributed by atoms with Crippen LogP contribution in [0.15, 0.2) is 24.3 Å². The number of nitrogens with two attached hydrogens (primary N) is 1. The van der Waals surface area contributed by atoms with Crippen LogP contribution in [0.5, 0.6) is 5.75 Å². The maximum absolute atomic E-state index is 9.69. The van der Waals surface area contributed by atoms with Gasteiger partial charge in [0.15, 0.2) is 0 Å². The Balaban J connectivity index is 0. The summed E-state index contributed by atoms with van der Waals surface area (Å²) in [6.45, 7) is 2.84. The summed E-state index contributed by atoms with van der Waals surface area (Å²) in [5.41, 5.74) is 3.77. The van der Waals surface area contributed by atoms with E-state index in [0.717, 1.165) is 19.5 Å². The Hall–Kier alpha value is -0.230. The third-order valence-corrected chi connectivity index (χ3v) is 2.68. The quantitative estimate of drug-likeness (QED) is 0.414. The van der Waals surface area contributed by atoms with Crippen LogP contribution in [0.2, 0.25) is 5.02 Å². The molecule has 7 heteroatoms. The van der Waals surface area contributed by atoms with Crippen molar-refractivity contribution in [3.8, 4) is 5.75 Å². The Morgan fingerprint density at radius 3 is 2.63 bits per heavy atom. The number of hydrogen-bond donors (Lipinski definition) is 3. The summed E-state index contributed by atoms with van der Waals surface area (Å²) >= 11 is 5.93. The fourth-order valence-electron chi connectivity index (χ4n) is 1.41. The van der Waals surface area contributed by atoms with Crippen LogP contribution in [-0.4, -0.2) is 37.5 Å². The maximum atomic E-state index is 9.69. The van der Waals surface area contributed by atoms with Crippen LogP contribution in [0.1, 0.15) is 6.42 Å². The van der Waals surface area contributed by atoms with Crippen LogP contribution < -0.4 is 40.6 Å². The molecule has 0 fully saturated rings. The molecule has 1 atom stereocenters. The molecule has 112 valence electrons. The number of hydrogen-bond acceptors (Lipinski definition) is 2. The second kappa shape index (κ2) is 12.8.